The average Bonchev–Trinajstić information content (AvgIpc) is 2.88. The summed E-state index contributed by atoms with van der Waals surface area (Å²) in [4.78, 5) is 24.5. The fraction of sp³-hybridized carbons (Fsp3) is 0.556. The molecule has 184 valence electrons. The van der Waals surface area contributed by atoms with Crippen molar-refractivity contribution in [3.63, 3.8) is 0 Å². The van der Waals surface area contributed by atoms with Crippen molar-refractivity contribution in [1.29, 1.82) is 0 Å². The molecule has 1 fully saturated rings. The van der Waals surface area contributed by atoms with Gasteiger partial charge in [0.2, 0.25) is 0 Å². The maximum absolute atomic E-state index is 13.5. The van der Waals surface area contributed by atoms with E-state index in [2.05, 4.69) is 38.3 Å². The lowest BCUT2D eigenvalue weighted by Gasteiger charge is -2.36. The third-order valence-electron chi connectivity index (χ3n) is 6.93. The van der Waals surface area contributed by atoms with Crippen LogP contribution in [0.4, 0.5) is 11.4 Å². The van der Waals surface area contributed by atoms with Crippen LogP contribution in [0.3, 0.4) is 0 Å². The molecule has 34 heavy (non-hydrogen) atoms. The molecule has 0 radical (unpaired) electrons. The molecular formula is C27H39N5O2. The molecule has 1 N–H and O–H groups in total. The number of carbonyl (C=O) groups excluding carboxylic acids is 1. The Morgan fingerprint density at radius 3 is 2.53 bits per heavy atom. The molecule has 0 aliphatic carbocycles. The number of methoxy groups -OCH3 is 1. The van der Waals surface area contributed by atoms with Crippen LogP contribution in [0.15, 0.2) is 42.7 Å². The quantitative estimate of drug-likeness (QED) is 0.729. The lowest BCUT2D eigenvalue weighted by molar-refractivity contribution is 0.0986. The summed E-state index contributed by atoms with van der Waals surface area (Å²) in [6.07, 6.45) is 9.24. The van der Waals surface area contributed by atoms with E-state index in [-0.39, 0.29) is 5.91 Å². The highest BCUT2D eigenvalue weighted by Crippen LogP contribution is 2.29. The molecule has 2 aromatic rings. The Labute approximate surface area is 204 Å². The number of hydrogen-bond acceptors (Lipinski definition) is 6. The molecule has 4 rings (SSSR count). The smallest absolute Gasteiger partial charge is 0.258 e. The molecule has 1 aromatic heterocycles. The number of ether oxygens (including phenoxy) is 1. The third kappa shape index (κ3) is 6.56. The molecule has 1 aromatic carbocycles. The predicted octanol–water partition coefficient (Wildman–Crippen LogP) is 3.55. The van der Waals surface area contributed by atoms with E-state index < -0.39 is 0 Å². The number of benzene rings is 1. The Balaban J connectivity index is 1.57. The maximum Gasteiger partial charge on any atom is 0.258 e. The summed E-state index contributed by atoms with van der Waals surface area (Å²) < 4.78 is 5.24. The Morgan fingerprint density at radius 1 is 0.971 bits per heavy atom. The number of aromatic nitrogens is 1. The van der Waals surface area contributed by atoms with E-state index in [0.717, 1.165) is 77.5 Å². The van der Waals surface area contributed by atoms with Crippen molar-refractivity contribution >= 4 is 17.3 Å². The van der Waals surface area contributed by atoms with Gasteiger partial charge in [-0.1, -0.05) is 19.3 Å². The number of nitrogens with one attached hydrogen (secondary N) is 1. The lowest BCUT2D eigenvalue weighted by atomic mass is 10.1. The van der Waals surface area contributed by atoms with E-state index in [9.17, 15) is 4.79 Å². The van der Waals surface area contributed by atoms with Gasteiger partial charge in [-0.2, -0.15) is 0 Å². The number of carbonyl (C=O) groups is 1. The van der Waals surface area contributed by atoms with Gasteiger partial charge in [0.15, 0.2) is 0 Å². The molecule has 0 spiro atoms. The molecule has 7 heteroatoms. The molecule has 0 bridgehead atoms. The summed E-state index contributed by atoms with van der Waals surface area (Å²) >= 11 is 0. The van der Waals surface area contributed by atoms with Gasteiger partial charge in [-0.25, -0.2) is 0 Å². The van der Waals surface area contributed by atoms with Crippen molar-refractivity contribution in [3.05, 3.63) is 53.9 Å². The van der Waals surface area contributed by atoms with Gasteiger partial charge < -0.3 is 19.9 Å². The SMILES string of the molecule is COCCN1CCN(c2ccc3c(c2)CNCCCCCCCN3C(=O)c2ccncc2)CC1. The summed E-state index contributed by atoms with van der Waals surface area (Å²) in [5.74, 6) is 0.0558. The number of anilines is 2. The zero-order chi connectivity index (χ0) is 23.6. The van der Waals surface area contributed by atoms with E-state index in [1.54, 1.807) is 19.5 Å². The van der Waals surface area contributed by atoms with Gasteiger partial charge in [0.1, 0.15) is 0 Å². The predicted molar refractivity (Wildman–Crippen MR) is 138 cm³/mol. The Hall–Kier alpha value is -2.48. The maximum atomic E-state index is 13.5. The molecular weight excluding hydrogens is 426 g/mol. The van der Waals surface area contributed by atoms with E-state index in [1.165, 1.54) is 30.5 Å². The van der Waals surface area contributed by atoms with Gasteiger partial charge in [0, 0.05) is 82.3 Å². The molecule has 0 saturated carbocycles. The fourth-order valence-electron chi connectivity index (χ4n) is 4.88. The first-order valence-corrected chi connectivity index (χ1v) is 12.8. The van der Waals surface area contributed by atoms with Crippen molar-refractivity contribution in [2.45, 2.75) is 38.6 Å². The normalized spacial score (nSPS) is 18.6. The molecule has 1 amide bonds. The first-order chi connectivity index (χ1) is 16.8. The highest BCUT2D eigenvalue weighted by Gasteiger charge is 2.23. The zero-order valence-electron chi connectivity index (χ0n) is 20.5. The standard InChI is InChI=1S/C27H39N5O2/c1-34-20-19-30-15-17-31(18-16-30)25-7-8-26-24(21-25)22-29-11-5-3-2-4-6-14-32(26)27(33)23-9-12-28-13-10-23/h7-10,12-13,21,29H,2-6,11,14-20,22H2,1H3. The Kier molecular flexibility index (Phi) is 9.30. The first-order valence-electron chi connectivity index (χ1n) is 12.8. The van der Waals surface area contributed by atoms with E-state index >= 15 is 0 Å². The van der Waals surface area contributed by atoms with Crippen molar-refractivity contribution in [2.75, 3.05) is 69.3 Å². The Morgan fingerprint density at radius 2 is 1.74 bits per heavy atom. The van der Waals surface area contributed by atoms with E-state index in [1.807, 2.05) is 17.0 Å². The molecule has 2 aliphatic rings. The van der Waals surface area contributed by atoms with Crippen LogP contribution in [0.25, 0.3) is 0 Å². The van der Waals surface area contributed by atoms with Gasteiger partial charge in [0.05, 0.1) is 6.61 Å². The molecule has 7 nitrogen and oxygen atoms in total. The number of hydrogen-bond donors (Lipinski definition) is 1. The van der Waals surface area contributed by atoms with Crippen LogP contribution in [0, 0.1) is 0 Å². The minimum absolute atomic E-state index is 0.0558. The Bertz CT molecular complexity index is 899. The van der Waals surface area contributed by atoms with Crippen LogP contribution < -0.4 is 15.1 Å². The molecule has 0 atom stereocenters. The van der Waals surface area contributed by atoms with Crippen molar-refractivity contribution in [1.82, 2.24) is 15.2 Å². The van der Waals surface area contributed by atoms with Crippen molar-refractivity contribution in [3.8, 4) is 0 Å². The minimum Gasteiger partial charge on any atom is -0.383 e. The van der Waals surface area contributed by atoms with Crippen LogP contribution in [0.5, 0.6) is 0 Å². The van der Waals surface area contributed by atoms with Gasteiger partial charge in [0.25, 0.3) is 5.91 Å². The number of rotatable bonds is 5. The van der Waals surface area contributed by atoms with Gasteiger partial charge in [-0.15, -0.1) is 0 Å². The number of amides is 1. The molecule has 3 heterocycles. The first kappa shape index (κ1) is 24.6. The lowest BCUT2D eigenvalue weighted by Crippen LogP contribution is -2.47. The van der Waals surface area contributed by atoms with Crippen LogP contribution in [0.1, 0.15) is 48.0 Å². The number of nitrogens with zero attached hydrogens (tertiary/aromatic N) is 4. The van der Waals surface area contributed by atoms with Gasteiger partial charge in [-0.05, 0) is 55.3 Å². The second-order valence-corrected chi connectivity index (χ2v) is 9.27. The summed E-state index contributed by atoms with van der Waals surface area (Å²) in [5.41, 5.74) is 4.16. The molecule has 0 unspecified atom stereocenters. The van der Waals surface area contributed by atoms with Crippen LogP contribution in [-0.4, -0.2) is 75.3 Å². The minimum atomic E-state index is 0.0558. The van der Waals surface area contributed by atoms with Gasteiger partial charge >= 0.3 is 0 Å². The summed E-state index contributed by atoms with van der Waals surface area (Å²) in [6, 6.07) is 10.3. The second-order valence-electron chi connectivity index (χ2n) is 9.27. The third-order valence-corrected chi connectivity index (χ3v) is 6.93. The number of fused-ring (bicyclic) bond motifs is 1. The van der Waals surface area contributed by atoms with Gasteiger partial charge in [-0.3, -0.25) is 14.7 Å². The van der Waals surface area contributed by atoms with E-state index in [4.69, 9.17) is 4.74 Å². The summed E-state index contributed by atoms with van der Waals surface area (Å²) in [6.45, 7) is 8.42. The van der Waals surface area contributed by atoms with Crippen LogP contribution >= 0.6 is 0 Å². The van der Waals surface area contributed by atoms with E-state index in [0.29, 0.717) is 5.56 Å². The van der Waals surface area contributed by atoms with Crippen molar-refractivity contribution in [2.24, 2.45) is 0 Å². The van der Waals surface area contributed by atoms with Crippen LogP contribution in [-0.2, 0) is 11.3 Å². The fourth-order valence-corrected chi connectivity index (χ4v) is 4.88. The highest BCUT2D eigenvalue weighted by atomic mass is 16.5. The molecule has 1 saturated heterocycles. The second kappa shape index (κ2) is 12.8. The zero-order valence-corrected chi connectivity index (χ0v) is 20.5. The number of pyridine rings is 1. The largest absolute Gasteiger partial charge is 0.383 e. The highest BCUT2D eigenvalue weighted by molar-refractivity contribution is 6.06. The van der Waals surface area contributed by atoms with Crippen molar-refractivity contribution < 1.29 is 9.53 Å². The summed E-state index contributed by atoms with van der Waals surface area (Å²) in [5, 5.41) is 3.63. The number of piperazine rings is 1. The summed E-state index contributed by atoms with van der Waals surface area (Å²) in [7, 11) is 1.76. The van der Waals surface area contributed by atoms with Crippen LogP contribution in [0.2, 0.25) is 0 Å². The molecule has 2 aliphatic heterocycles. The monoisotopic (exact) mass is 465 g/mol. The average molecular weight is 466 g/mol. The topological polar surface area (TPSA) is 60.9 Å².